The van der Waals surface area contributed by atoms with E-state index in [9.17, 15) is 14.4 Å². The molecule has 158 valence electrons. The first kappa shape index (κ1) is 21.3. The van der Waals surface area contributed by atoms with Gasteiger partial charge < -0.3 is 5.32 Å². The van der Waals surface area contributed by atoms with Crippen molar-refractivity contribution in [1.29, 1.82) is 0 Å². The Morgan fingerprint density at radius 2 is 1.84 bits per heavy atom. The highest BCUT2D eigenvalue weighted by Crippen LogP contribution is 2.21. The molecule has 8 heteroatoms. The molecule has 0 spiro atoms. The lowest BCUT2D eigenvalue weighted by Crippen LogP contribution is -2.40. The lowest BCUT2D eigenvalue weighted by molar-refractivity contribution is -0.116. The van der Waals surface area contributed by atoms with Crippen LogP contribution < -0.4 is 16.6 Å². The molecule has 0 aliphatic rings. The van der Waals surface area contributed by atoms with Crippen LogP contribution in [0.1, 0.15) is 16.7 Å². The highest BCUT2D eigenvalue weighted by atomic mass is 79.9. The van der Waals surface area contributed by atoms with Gasteiger partial charge in [0.1, 0.15) is 11.2 Å². The summed E-state index contributed by atoms with van der Waals surface area (Å²) in [6.45, 7) is 5.50. The van der Waals surface area contributed by atoms with Crippen molar-refractivity contribution in [3.05, 3.63) is 89.8 Å². The number of nitrogens with zero attached hydrogens (tertiary/aromatic N) is 2. The molecule has 0 atom stereocenters. The summed E-state index contributed by atoms with van der Waals surface area (Å²) >= 11 is 4.67. The minimum Gasteiger partial charge on any atom is -0.324 e. The molecule has 0 aliphatic heterocycles. The van der Waals surface area contributed by atoms with E-state index in [0.717, 1.165) is 21.2 Å². The highest BCUT2D eigenvalue weighted by molar-refractivity contribution is 9.10. The third-order valence-corrected chi connectivity index (χ3v) is 6.72. The Labute approximate surface area is 190 Å². The van der Waals surface area contributed by atoms with E-state index in [2.05, 4.69) is 21.2 Å². The first-order chi connectivity index (χ1) is 14.8. The van der Waals surface area contributed by atoms with Crippen molar-refractivity contribution >= 4 is 49.1 Å². The molecular formula is C23H20BrN3O3S. The van der Waals surface area contributed by atoms with Crippen molar-refractivity contribution in [3.63, 3.8) is 0 Å². The van der Waals surface area contributed by atoms with Crippen molar-refractivity contribution in [1.82, 2.24) is 9.13 Å². The summed E-state index contributed by atoms with van der Waals surface area (Å²) in [5.74, 6) is -0.341. The molecular weight excluding hydrogens is 478 g/mol. The van der Waals surface area contributed by atoms with E-state index in [-0.39, 0.29) is 18.0 Å². The number of hydrogen-bond donors (Lipinski definition) is 1. The van der Waals surface area contributed by atoms with Gasteiger partial charge in [0.15, 0.2) is 0 Å². The molecule has 1 N–H and O–H groups in total. The molecule has 2 heterocycles. The van der Waals surface area contributed by atoms with Gasteiger partial charge in [0.25, 0.3) is 5.56 Å². The van der Waals surface area contributed by atoms with Gasteiger partial charge >= 0.3 is 5.69 Å². The number of hydrogen-bond acceptors (Lipinski definition) is 4. The van der Waals surface area contributed by atoms with Gasteiger partial charge in [0.05, 0.1) is 11.2 Å². The van der Waals surface area contributed by atoms with Gasteiger partial charge in [0.2, 0.25) is 5.91 Å². The Bertz CT molecular complexity index is 1450. The Hall–Kier alpha value is -2.97. The predicted molar refractivity (Wildman–Crippen MR) is 129 cm³/mol. The highest BCUT2D eigenvalue weighted by Gasteiger charge is 2.19. The molecule has 0 fully saturated rings. The van der Waals surface area contributed by atoms with Crippen molar-refractivity contribution < 1.29 is 4.79 Å². The second-order valence-corrected chi connectivity index (χ2v) is 9.20. The third-order valence-electron chi connectivity index (χ3n) is 5.34. The van der Waals surface area contributed by atoms with Crippen molar-refractivity contribution in [2.45, 2.75) is 27.3 Å². The normalized spacial score (nSPS) is 11.1. The fourth-order valence-corrected chi connectivity index (χ4v) is 4.83. The minimum absolute atomic E-state index is 0.202. The number of carbonyl (C=O) groups is 1. The zero-order valence-corrected chi connectivity index (χ0v) is 19.6. The molecule has 31 heavy (non-hydrogen) atoms. The van der Waals surface area contributed by atoms with Crippen LogP contribution in [-0.2, 0) is 11.3 Å². The fourth-order valence-electron chi connectivity index (χ4n) is 3.53. The van der Waals surface area contributed by atoms with E-state index in [4.69, 9.17) is 0 Å². The summed E-state index contributed by atoms with van der Waals surface area (Å²) in [7, 11) is 0. The number of benzene rings is 2. The predicted octanol–water partition coefficient (Wildman–Crippen LogP) is 4.54. The van der Waals surface area contributed by atoms with Gasteiger partial charge in [-0.1, -0.05) is 28.1 Å². The van der Waals surface area contributed by atoms with E-state index in [1.54, 1.807) is 23.6 Å². The second-order valence-electron chi connectivity index (χ2n) is 7.37. The van der Waals surface area contributed by atoms with Crippen LogP contribution in [0, 0.1) is 20.8 Å². The number of aryl methyl sites for hydroxylation is 2. The summed E-state index contributed by atoms with van der Waals surface area (Å²) < 4.78 is 3.88. The van der Waals surface area contributed by atoms with Gasteiger partial charge in [-0.05, 0) is 73.2 Å². The molecule has 2 aromatic carbocycles. The number of thiophene rings is 1. The number of anilines is 1. The first-order valence-electron chi connectivity index (χ1n) is 9.63. The molecule has 2 aromatic heterocycles. The zero-order valence-electron chi connectivity index (χ0n) is 17.2. The maximum atomic E-state index is 13.4. The summed E-state index contributed by atoms with van der Waals surface area (Å²) in [5.41, 5.74) is 3.48. The zero-order chi connectivity index (χ0) is 22.3. The Morgan fingerprint density at radius 3 is 2.58 bits per heavy atom. The number of halogens is 1. The molecule has 0 saturated heterocycles. The van der Waals surface area contributed by atoms with Crippen LogP contribution >= 0.6 is 27.3 Å². The van der Waals surface area contributed by atoms with Crippen LogP contribution in [-0.4, -0.2) is 15.0 Å². The second kappa shape index (κ2) is 8.28. The van der Waals surface area contributed by atoms with Crippen molar-refractivity contribution in [2.24, 2.45) is 0 Å². The standard InChI is InChI=1S/C23H20BrN3O3S/c1-13-5-4-6-18(15(13)3)27-22(29)21-19(9-10-31-21)26(23(27)30)12-20(28)25-17-8-7-16(24)11-14(17)2/h4-11H,12H2,1-3H3,(H,25,28). The molecule has 0 unspecified atom stereocenters. The van der Waals surface area contributed by atoms with Gasteiger partial charge in [-0.15, -0.1) is 11.3 Å². The number of aromatic nitrogens is 2. The Morgan fingerprint density at radius 1 is 1.06 bits per heavy atom. The lowest BCUT2D eigenvalue weighted by atomic mass is 10.1. The molecule has 0 aliphatic carbocycles. The molecule has 0 radical (unpaired) electrons. The minimum atomic E-state index is -0.535. The quantitative estimate of drug-likeness (QED) is 0.449. The van der Waals surface area contributed by atoms with Crippen molar-refractivity contribution in [2.75, 3.05) is 5.32 Å². The fraction of sp³-hybridized carbons (Fsp3) is 0.174. The molecule has 1 amide bonds. The smallest absolute Gasteiger partial charge is 0.324 e. The molecule has 4 rings (SSSR count). The van der Waals surface area contributed by atoms with Gasteiger partial charge in [-0.3, -0.25) is 14.2 Å². The SMILES string of the molecule is Cc1cc(Br)ccc1NC(=O)Cn1c(=O)n(-c2cccc(C)c2C)c(=O)c2sccc21. The Kier molecular flexibility index (Phi) is 5.68. The van der Waals surface area contributed by atoms with Gasteiger partial charge in [0, 0.05) is 10.2 Å². The molecule has 6 nitrogen and oxygen atoms in total. The average Bonchev–Trinajstić information content (AvgIpc) is 3.21. The van der Waals surface area contributed by atoms with Gasteiger partial charge in [-0.2, -0.15) is 0 Å². The summed E-state index contributed by atoms with van der Waals surface area (Å²) in [6.07, 6.45) is 0. The van der Waals surface area contributed by atoms with E-state index in [1.807, 2.05) is 45.0 Å². The van der Waals surface area contributed by atoms with E-state index in [1.165, 1.54) is 20.5 Å². The largest absolute Gasteiger partial charge is 0.336 e. The molecule has 4 aromatic rings. The average molecular weight is 498 g/mol. The maximum Gasteiger partial charge on any atom is 0.336 e. The number of rotatable bonds is 4. The molecule has 0 saturated carbocycles. The van der Waals surface area contributed by atoms with Crippen LogP contribution in [0.3, 0.4) is 0 Å². The number of amides is 1. The van der Waals surface area contributed by atoms with Crippen molar-refractivity contribution in [3.8, 4) is 5.69 Å². The lowest BCUT2D eigenvalue weighted by Gasteiger charge is -2.15. The summed E-state index contributed by atoms with van der Waals surface area (Å²) in [5, 5.41) is 4.62. The third kappa shape index (κ3) is 3.88. The molecule has 0 bridgehead atoms. The topological polar surface area (TPSA) is 73.1 Å². The summed E-state index contributed by atoms with van der Waals surface area (Å²) in [4.78, 5) is 39.4. The van der Waals surface area contributed by atoms with Crippen LogP contribution in [0.15, 0.2) is 61.9 Å². The summed E-state index contributed by atoms with van der Waals surface area (Å²) in [6, 6.07) is 12.7. The maximum absolute atomic E-state index is 13.4. The number of nitrogens with one attached hydrogen (secondary N) is 1. The monoisotopic (exact) mass is 497 g/mol. The Balaban J connectivity index is 1.82. The first-order valence-corrected chi connectivity index (χ1v) is 11.3. The number of fused-ring (bicyclic) bond motifs is 1. The van der Waals surface area contributed by atoms with Crippen LogP contribution in [0.2, 0.25) is 0 Å². The number of carbonyl (C=O) groups excluding carboxylic acids is 1. The van der Waals surface area contributed by atoms with E-state index < -0.39 is 5.69 Å². The van der Waals surface area contributed by atoms with Crippen LogP contribution in [0.4, 0.5) is 5.69 Å². The van der Waals surface area contributed by atoms with E-state index >= 15 is 0 Å². The van der Waals surface area contributed by atoms with Crippen LogP contribution in [0.25, 0.3) is 15.9 Å². The van der Waals surface area contributed by atoms with Crippen LogP contribution in [0.5, 0.6) is 0 Å². The van der Waals surface area contributed by atoms with E-state index in [0.29, 0.717) is 21.6 Å². The van der Waals surface area contributed by atoms with Gasteiger partial charge in [-0.25, -0.2) is 9.36 Å².